The van der Waals surface area contributed by atoms with E-state index in [-0.39, 0.29) is 17.1 Å². The Morgan fingerprint density at radius 3 is 2.44 bits per heavy atom. The molecule has 9 heteroatoms. The molecule has 2 aromatic rings. The van der Waals surface area contributed by atoms with Crippen LogP contribution in [0.1, 0.15) is 52.5 Å². The average molecular weight is 459 g/mol. The lowest BCUT2D eigenvalue weighted by molar-refractivity contribution is -0.123. The van der Waals surface area contributed by atoms with Gasteiger partial charge in [-0.15, -0.1) is 11.3 Å². The van der Waals surface area contributed by atoms with Crippen LogP contribution in [0.2, 0.25) is 0 Å². The van der Waals surface area contributed by atoms with E-state index in [1.54, 1.807) is 6.07 Å². The predicted octanol–water partition coefficient (Wildman–Crippen LogP) is 4.10. The van der Waals surface area contributed by atoms with Crippen molar-refractivity contribution in [3.63, 3.8) is 0 Å². The van der Waals surface area contributed by atoms with E-state index in [4.69, 9.17) is 18.9 Å². The first-order chi connectivity index (χ1) is 15.4. The molecule has 1 heterocycles. The van der Waals surface area contributed by atoms with Crippen molar-refractivity contribution in [2.45, 2.75) is 45.1 Å². The van der Waals surface area contributed by atoms with Crippen molar-refractivity contribution >= 4 is 28.2 Å². The summed E-state index contributed by atoms with van der Waals surface area (Å²) in [6.07, 6.45) is 3.91. The van der Waals surface area contributed by atoms with E-state index in [0.717, 1.165) is 42.5 Å². The van der Waals surface area contributed by atoms with Crippen molar-refractivity contribution in [2.24, 2.45) is 0 Å². The van der Waals surface area contributed by atoms with E-state index in [1.165, 1.54) is 45.7 Å². The molecular weight excluding hydrogens is 432 g/mol. The van der Waals surface area contributed by atoms with Crippen LogP contribution in [0.15, 0.2) is 12.1 Å². The number of amides is 1. The van der Waals surface area contributed by atoms with Gasteiger partial charge in [-0.3, -0.25) is 4.79 Å². The second-order valence-electron chi connectivity index (χ2n) is 7.30. The second kappa shape index (κ2) is 10.4. The Balaban J connectivity index is 1.76. The number of carbonyl (C=O) groups excluding carboxylic acids is 2. The summed E-state index contributed by atoms with van der Waals surface area (Å²) in [5.74, 6) is -0.453. The quantitative estimate of drug-likeness (QED) is 0.492. The highest BCUT2D eigenvalue weighted by Crippen LogP contribution is 2.40. The van der Waals surface area contributed by atoms with Gasteiger partial charge < -0.3 is 24.3 Å². The number of esters is 1. The molecule has 0 fully saturated rings. The topological polar surface area (TPSA) is 107 Å². The van der Waals surface area contributed by atoms with Crippen LogP contribution in [-0.2, 0) is 22.4 Å². The van der Waals surface area contributed by atoms with Crippen molar-refractivity contribution in [1.29, 1.82) is 5.26 Å². The van der Waals surface area contributed by atoms with Crippen LogP contribution in [0.5, 0.6) is 17.2 Å². The number of nitrogens with zero attached hydrogens (tertiary/aromatic N) is 1. The maximum Gasteiger partial charge on any atom is 0.342 e. The first-order valence-electron chi connectivity index (χ1n) is 10.3. The number of nitrogens with one attached hydrogen (secondary N) is 1. The molecule has 0 spiro atoms. The molecule has 0 radical (unpaired) electrons. The molecule has 170 valence electrons. The number of hydrogen-bond acceptors (Lipinski definition) is 8. The molecule has 1 atom stereocenters. The van der Waals surface area contributed by atoms with Gasteiger partial charge in [0.05, 0.1) is 26.9 Å². The fraction of sp³-hybridized carbons (Fsp3) is 0.435. The zero-order valence-corrected chi connectivity index (χ0v) is 19.4. The third kappa shape index (κ3) is 4.65. The molecule has 0 saturated heterocycles. The first kappa shape index (κ1) is 23.4. The Labute approximate surface area is 191 Å². The van der Waals surface area contributed by atoms with Crippen molar-refractivity contribution in [2.75, 3.05) is 26.6 Å². The maximum absolute atomic E-state index is 12.8. The Hall–Kier alpha value is -3.25. The zero-order chi connectivity index (χ0) is 23.3. The smallest absolute Gasteiger partial charge is 0.342 e. The molecule has 1 aromatic carbocycles. The lowest BCUT2D eigenvalue weighted by atomic mass is 10.1. The van der Waals surface area contributed by atoms with Gasteiger partial charge in [0, 0.05) is 4.88 Å². The number of benzene rings is 1. The maximum atomic E-state index is 12.8. The molecule has 32 heavy (non-hydrogen) atoms. The second-order valence-corrected chi connectivity index (χ2v) is 8.40. The number of fused-ring (bicyclic) bond motifs is 1. The minimum atomic E-state index is -1.09. The third-order valence-electron chi connectivity index (χ3n) is 5.35. The van der Waals surface area contributed by atoms with Gasteiger partial charge in [0.2, 0.25) is 5.75 Å². The molecule has 1 unspecified atom stereocenters. The fourth-order valence-corrected chi connectivity index (χ4v) is 4.94. The Morgan fingerprint density at radius 1 is 1.06 bits per heavy atom. The normalized spacial score (nSPS) is 13.7. The highest BCUT2D eigenvalue weighted by molar-refractivity contribution is 7.16. The minimum Gasteiger partial charge on any atom is -0.493 e. The number of rotatable bonds is 7. The van der Waals surface area contributed by atoms with E-state index >= 15 is 0 Å². The van der Waals surface area contributed by atoms with E-state index in [2.05, 4.69) is 11.4 Å². The highest BCUT2D eigenvalue weighted by atomic mass is 32.1. The van der Waals surface area contributed by atoms with E-state index in [1.807, 2.05) is 0 Å². The van der Waals surface area contributed by atoms with Gasteiger partial charge >= 0.3 is 5.97 Å². The Bertz CT molecular complexity index is 1060. The summed E-state index contributed by atoms with van der Waals surface area (Å²) in [5.41, 5.74) is 1.65. The van der Waals surface area contributed by atoms with E-state index in [0.29, 0.717) is 16.3 Å². The van der Waals surface area contributed by atoms with Crippen LogP contribution in [0.3, 0.4) is 0 Å². The summed E-state index contributed by atoms with van der Waals surface area (Å²) in [6.45, 7) is 1.48. The molecular formula is C23H26N2O6S. The number of thiophene rings is 1. The summed E-state index contributed by atoms with van der Waals surface area (Å²) in [6, 6.07) is 5.27. The van der Waals surface area contributed by atoms with Gasteiger partial charge in [-0.1, -0.05) is 6.42 Å². The number of hydrogen-bond donors (Lipinski definition) is 1. The lowest BCUT2D eigenvalue weighted by Gasteiger charge is -2.17. The SMILES string of the molecule is COc1ccc(C(=O)OC(C)C(=O)Nc2sc3c(c2C#N)CCCCC3)c(OC)c1OC. The molecule has 1 aromatic heterocycles. The zero-order valence-electron chi connectivity index (χ0n) is 18.6. The van der Waals surface area contributed by atoms with Crippen LogP contribution in [0.4, 0.5) is 5.00 Å². The molecule has 1 aliphatic rings. The summed E-state index contributed by atoms with van der Waals surface area (Å²) in [5, 5.41) is 12.9. The number of ether oxygens (including phenoxy) is 4. The van der Waals surface area contributed by atoms with Crippen LogP contribution in [-0.4, -0.2) is 39.3 Å². The third-order valence-corrected chi connectivity index (χ3v) is 6.55. The van der Waals surface area contributed by atoms with E-state index < -0.39 is 18.0 Å². The van der Waals surface area contributed by atoms with Gasteiger partial charge in [0.15, 0.2) is 17.6 Å². The van der Waals surface area contributed by atoms with Crippen LogP contribution >= 0.6 is 11.3 Å². The largest absolute Gasteiger partial charge is 0.493 e. The number of aryl methyl sites for hydroxylation is 1. The number of nitriles is 1. The minimum absolute atomic E-state index is 0.102. The summed E-state index contributed by atoms with van der Waals surface area (Å²) in [7, 11) is 4.30. The highest BCUT2D eigenvalue weighted by Gasteiger charge is 2.27. The number of methoxy groups -OCH3 is 3. The van der Waals surface area contributed by atoms with Gasteiger partial charge in [-0.05, 0) is 50.3 Å². The van der Waals surface area contributed by atoms with Gasteiger partial charge in [0.1, 0.15) is 16.6 Å². The molecule has 3 rings (SSSR count). The number of anilines is 1. The van der Waals surface area contributed by atoms with Crippen molar-refractivity contribution in [1.82, 2.24) is 0 Å². The van der Waals surface area contributed by atoms with Gasteiger partial charge in [-0.2, -0.15) is 5.26 Å². The lowest BCUT2D eigenvalue weighted by Crippen LogP contribution is -2.30. The summed E-state index contributed by atoms with van der Waals surface area (Å²) >= 11 is 1.43. The molecule has 1 aliphatic carbocycles. The van der Waals surface area contributed by atoms with Crippen LogP contribution < -0.4 is 19.5 Å². The molecule has 0 saturated carbocycles. The molecule has 1 N–H and O–H groups in total. The van der Waals surface area contributed by atoms with Crippen molar-refractivity contribution < 1.29 is 28.5 Å². The Morgan fingerprint density at radius 2 is 1.78 bits per heavy atom. The first-order valence-corrected chi connectivity index (χ1v) is 11.1. The monoisotopic (exact) mass is 458 g/mol. The molecule has 8 nitrogen and oxygen atoms in total. The fourth-order valence-electron chi connectivity index (χ4n) is 3.70. The average Bonchev–Trinajstić information content (AvgIpc) is 2.95. The Kier molecular flexibility index (Phi) is 7.59. The number of carbonyl (C=O) groups is 2. The molecule has 0 bridgehead atoms. The molecule has 0 aliphatic heterocycles. The predicted molar refractivity (Wildman–Crippen MR) is 120 cm³/mol. The van der Waals surface area contributed by atoms with Crippen molar-refractivity contribution in [3.05, 3.63) is 33.7 Å². The van der Waals surface area contributed by atoms with E-state index in [9.17, 15) is 14.9 Å². The van der Waals surface area contributed by atoms with Crippen molar-refractivity contribution in [3.8, 4) is 23.3 Å². The van der Waals surface area contributed by atoms with Crippen LogP contribution in [0, 0.1) is 11.3 Å². The van der Waals surface area contributed by atoms with Gasteiger partial charge in [-0.25, -0.2) is 4.79 Å². The summed E-state index contributed by atoms with van der Waals surface area (Å²) < 4.78 is 21.2. The summed E-state index contributed by atoms with van der Waals surface area (Å²) in [4.78, 5) is 26.6. The standard InChI is InChI=1S/C23H26N2O6S/c1-13(31-23(27)15-10-11-17(28-2)20(30-4)19(15)29-3)21(26)25-22-16(12-24)14-8-6-5-7-9-18(14)32-22/h10-11,13H,5-9H2,1-4H3,(H,25,26). The van der Waals surface area contributed by atoms with Crippen LogP contribution in [0.25, 0.3) is 0 Å². The molecule has 1 amide bonds. The van der Waals surface area contributed by atoms with Gasteiger partial charge in [0.25, 0.3) is 5.91 Å².